The lowest BCUT2D eigenvalue weighted by molar-refractivity contribution is -0.120. The molecule has 2 aromatic carbocycles. The Morgan fingerprint density at radius 2 is 1.72 bits per heavy atom. The highest BCUT2D eigenvalue weighted by Crippen LogP contribution is 2.45. The van der Waals surface area contributed by atoms with Gasteiger partial charge in [0.1, 0.15) is 5.75 Å². The molecule has 278 valence electrons. The molecule has 14 nitrogen and oxygen atoms in total. The number of likely N-dealkylation sites (N-methyl/N-ethyl adjacent to an activating group) is 1. The summed E-state index contributed by atoms with van der Waals surface area (Å²) in [6, 6.07) is 15.7. The lowest BCUT2D eigenvalue weighted by atomic mass is 9.95. The Hall–Kier alpha value is -4.95. The molecule has 3 unspecified atom stereocenters. The first-order valence-electron chi connectivity index (χ1n) is 19.2. The Morgan fingerprint density at radius 1 is 0.906 bits per heavy atom. The van der Waals surface area contributed by atoms with E-state index in [0.717, 1.165) is 79.4 Å². The van der Waals surface area contributed by atoms with Crippen LogP contribution in [0.3, 0.4) is 0 Å². The number of hydrogen-bond donors (Lipinski definition) is 3. The maximum atomic E-state index is 12.3. The highest BCUT2D eigenvalue weighted by atomic mass is 16.3. The summed E-state index contributed by atoms with van der Waals surface area (Å²) in [5.74, 6) is 4.32. The van der Waals surface area contributed by atoms with Gasteiger partial charge in [0.25, 0.3) is 0 Å². The number of anilines is 4. The summed E-state index contributed by atoms with van der Waals surface area (Å²) in [5, 5.41) is 29.9. The van der Waals surface area contributed by atoms with Crippen molar-refractivity contribution >= 4 is 45.9 Å². The summed E-state index contributed by atoms with van der Waals surface area (Å²) < 4.78 is 1.84. The molecule has 1 aliphatic carbocycles. The van der Waals surface area contributed by atoms with Crippen molar-refractivity contribution in [2.24, 2.45) is 24.8 Å². The number of phenols is 1. The van der Waals surface area contributed by atoms with Gasteiger partial charge in [0.15, 0.2) is 11.6 Å². The van der Waals surface area contributed by atoms with Crippen LogP contribution in [0.25, 0.3) is 22.2 Å². The fraction of sp³-hybridized carbons (Fsp3) is 0.513. The van der Waals surface area contributed by atoms with E-state index >= 15 is 0 Å². The van der Waals surface area contributed by atoms with Gasteiger partial charge < -0.3 is 30.0 Å². The SMILES string of the molecule is CN1CCN2c3cc(-c4ccccc4O)nnc3NCC2C1.Cn1nc(N2CCC(=O)NC2=O)c2ccc(N3CCC(CN4CC5CC5C4)CC3)cc21. The van der Waals surface area contributed by atoms with Crippen molar-refractivity contribution in [2.75, 3.05) is 92.5 Å². The van der Waals surface area contributed by atoms with E-state index in [4.69, 9.17) is 0 Å². The number of piperazine rings is 1. The molecule has 4 saturated heterocycles. The van der Waals surface area contributed by atoms with Gasteiger partial charge in [0.2, 0.25) is 5.91 Å². The smallest absolute Gasteiger partial charge is 0.329 e. The third-order valence-corrected chi connectivity index (χ3v) is 12.1. The number of piperidine rings is 2. The molecule has 7 heterocycles. The standard InChI is InChI=1S/C23H30N6O2.C16H19N5O/c1-26-20-11-18(2-3-19(20)22(25-26)29-9-6-21(30)24-23(29)31)28-7-4-15(5-8-28)12-27-13-16-10-17(16)14-27;1-20-6-7-21-11(10-20)9-17-16-14(21)8-13(18-19-16)12-4-2-3-5-15(12)22/h2-3,11,15-17H,4-10,12-14H2,1H3,(H,24,30,31);2-5,8,11,22H,6-7,9-10H2,1H3,(H,17,19). The molecular formula is C39H49N11O3. The number of nitrogens with one attached hydrogen (secondary N) is 2. The molecule has 4 aromatic rings. The quantitative estimate of drug-likeness (QED) is 0.279. The normalized spacial score (nSPS) is 24.6. The predicted octanol–water partition coefficient (Wildman–Crippen LogP) is 3.58. The van der Waals surface area contributed by atoms with Crippen molar-refractivity contribution in [3.05, 3.63) is 48.5 Å². The minimum absolute atomic E-state index is 0.228. The summed E-state index contributed by atoms with van der Waals surface area (Å²) in [5.41, 5.74) is 4.74. The van der Waals surface area contributed by atoms with E-state index in [-0.39, 0.29) is 11.7 Å². The Morgan fingerprint density at radius 3 is 2.51 bits per heavy atom. The highest BCUT2D eigenvalue weighted by molar-refractivity contribution is 6.09. The fourth-order valence-corrected chi connectivity index (χ4v) is 9.04. The Balaban J connectivity index is 0.000000149. The number of amides is 3. The molecule has 5 aliphatic heterocycles. The maximum absolute atomic E-state index is 12.3. The molecule has 2 aromatic heterocycles. The Kier molecular flexibility index (Phi) is 8.81. The number of benzene rings is 2. The molecule has 0 spiro atoms. The molecule has 0 bridgehead atoms. The number of aryl methyl sites for hydroxylation is 1. The van der Waals surface area contributed by atoms with Crippen molar-refractivity contribution in [1.82, 2.24) is 35.1 Å². The van der Waals surface area contributed by atoms with E-state index in [1.54, 1.807) is 11.0 Å². The van der Waals surface area contributed by atoms with Crippen LogP contribution in [0.1, 0.15) is 25.7 Å². The van der Waals surface area contributed by atoms with Crippen LogP contribution >= 0.6 is 0 Å². The lowest BCUT2D eigenvalue weighted by Gasteiger charge is -2.44. The molecule has 10 rings (SSSR count). The number of nitrogens with zero attached hydrogens (tertiary/aromatic N) is 9. The number of carbonyl (C=O) groups is 2. The summed E-state index contributed by atoms with van der Waals surface area (Å²) in [6.07, 6.45) is 4.29. The van der Waals surface area contributed by atoms with Gasteiger partial charge in [-0.2, -0.15) is 5.10 Å². The lowest BCUT2D eigenvalue weighted by Crippen LogP contribution is -2.56. The topological polar surface area (TPSA) is 138 Å². The number of rotatable bonds is 5. The number of likely N-dealkylation sites (tertiary alicyclic amines) is 1. The van der Waals surface area contributed by atoms with Gasteiger partial charge in [-0.3, -0.25) is 19.7 Å². The summed E-state index contributed by atoms with van der Waals surface area (Å²) in [4.78, 5) is 35.3. The minimum atomic E-state index is -0.391. The number of fused-ring (bicyclic) bond motifs is 5. The van der Waals surface area contributed by atoms with Crippen LogP contribution in [0.4, 0.5) is 27.8 Å². The van der Waals surface area contributed by atoms with E-state index in [0.29, 0.717) is 36.1 Å². The van der Waals surface area contributed by atoms with E-state index in [1.165, 1.54) is 44.6 Å². The van der Waals surface area contributed by atoms with Crippen molar-refractivity contribution in [2.45, 2.75) is 31.7 Å². The molecule has 6 aliphatic rings. The first-order chi connectivity index (χ1) is 25.8. The monoisotopic (exact) mass is 719 g/mol. The fourth-order valence-electron chi connectivity index (χ4n) is 9.04. The molecule has 1 saturated carbocycles. The zero-order valence-electron chi connectivity index (χ0n) is 30.6. The number of para-hydroxylation sites is 1. The summed E-state index contributed by atoms with van der Waals surface area (Å²) in [7, 11) is 4.07. The van der Waals surface area contributed by atoms with Crippen LogP contribution in [0.2, 0.25) is 0 Å². The zero-order chi connectivity index (χ0) is 36.2. The molecule has 3 amide bonds. The molecule has 14 heteroatoms. The van der Waals surface area contributed by atoms with Gasteiger partial charge in [0.05, 0.1) is 22.9 Å². The number of urea groups is 1. The second-order valence-electron chi connectivity index (χ2n) is 15.8. The minimum Gasteiger partial charge on any atom is -0.507 e. The van der Waals surface area contributed by atoms with Gasteiger partial charge in [-0.15, -0.1) is 10.2 Å². The van der Waals surface area contributed by atoms with Crippen molar-refractivity contribution in [1.29, 1.82) is 0 Å². The Bertz CT molecular complexity index is 2020. The number of imide groups is 1. The largest absolute Gasteiger partial charge is 0.507 e. The zero-order valence-corrected chi connectivity index (χ0v) is 30.6. The molecule has 5 fully saturated rings. The second kappa shape index (κ2) is 13.8. The van der Waals surface area contributed by atoms with Crippen LogP contribution in [-0.4, -0.2) is 125 Å². The van der Waals surface area contributed by atoms with Crippen LogP contribution in [-0.2, 0) is 11.8 Å². The first kappa shape index (κ1) is 33.9. The van der Waals surface area contributed by atoms with Crippen LogP contribution in [0.15, 0.2) is 48.5 Å². The second-order valence-corrected chi connectivity index (χ2v) is 15.8. The van der Waals surface area contributed by atoms with E-state index < -0.39 is 6.03 Å². The van der Waals surface area contributed by atoms with E-state index in [1.807, 2.05) is 36.0 Å². The summed E-state index contributed by atoms with van der Waals surface area (Å²) in [6.45, 7) is 10.5. The summed E-state index contributed by atoms with van der Waals surface area (Å²) >= 11 is 0. The average molecular weight is 720 g/mol. The van der Waals surface area contributed by atoms with Gasteiger partial charge >= 0.3 is 6.03 Å². The maximum Gasteiger partial charge on any atom is 0.329 e. The molecular weight excluding hydrogens is 671 g/mol. The number of carbonyl (C=O) groups excluding carboxylic acids is 2. The molecule has 3 atom stereocenters. The molecule has 53 heavy (non-hydrogen) atoms. The van der Waals surface area contributed by atoms with Gasteiger partial charge in [-0.25, -0.2) is 4.79 Å². The molecule has 3 N–H and O–H groups in total. The Labute approximate surface area is 309 Å². The number of phenolic OH excluding ortho intramolecular Hbond substituents is 1. The van der Waals surface area contributed by atoms with Crippen LogP contribution in [0, 0.1) is 17.8 Å². The third kappa shape index (κ3) is 6.74. The van der Waals surface area contributed by atoms with Crippen molar-refractivity contribution < 1.29 is 14.7 Å². The van der Waals surface area contributed by atoms with Gasteiger partial charge in [-0.1, -0.05) is 12.1 Å². The van der Waals surface area contributed by atoms with Crippen LogP contribution < -0.4 is 25.3 Å². The average Bonchev–Trinajstić information content (AvgIpc) is 3.64. The molecule has 0 radical (unpaired) electrons. The highest BCUT2D eigenvalue weighted by Gasteiger charge is 2.45. The number of hydrogen-bond acceptors (Lipinski definition) is 11. The number of aromatic nitrogens is 4. The van der Waals surface area contributed by atoms with Crippen molar-refractivity contribution in [3.63, 3.8) is 0 Å². The van der Waals surface area contributed by atoms with Gasteiger partial charge in [0, 0.05) is 95.6 Å². The van der Waals surface area contributed by atoms with E-state index in [2.05, 4.69) is 70.8 Å². The van der Waals surface area contributed by atoms with Gasteiger partial charge in [-0.05, 0) is 80.5 Å². The van der Waals surface area contributed by atoms with Crippen LogP contribution in [0.5, 0.6) is 5.75 Å². The predicted molar refractivity (Wildman–Crippen MR) is 205 cm³/mol. The third-order valence-electron chi connectivity index (χ3n) is 12.1. The first-order valence-corrected chi connectivity index (χ1v) is 19.2. The van der Waals surface area contributed by atoms with E-state index in [9.17, 15) is 14.7 Å². The van der Waals surface area contributed by atoms with Crippen molar-refractivity contribution in [3.8, 4) is 17.0 Å². The number of aromatic hydroxyl groups is 1.